The van der Waals surface area contributed by atoms with Gasteiger partial charge in [-0.3, -0.25) is 16.3 Å². The fourth-order valence-electron chi connectivity index (χ4n) is 1.92. The third kappa shape index (κ3) is 4.43. The molecule has 3 N–H and O–H groups in total. The molecule has 1 aromatic carbocycles. The van der Waals surface area contributed by atoms with E-state index in [1.54, 1.807) is 12.3 Å². The maximum absolute atomic E-state index is 6.02. The molecule has 0 fully saturated rings. The molecule has 0 amide bonds. The van der Waals surface area contributed by atoms with Crippen molar-refractivity contribution in [2.24, 2.45) is 5.84 Å². The van der Waals surface area contributed by atoms with Crippen molar-refractivity contribution in [3.05, 3.63) is 62.3 Å². The molecule has 6 heteroatoms. The van der Waals surface area contributed by atoms with Gasteiger partial charge < -0.3 is 0 Å². The first-order valence-corrected chi connectivity index (χ1v) is 7.64. The lowest BCUT2D eigenvalue weighted by Crippen LogP contribution is -2.38. The Labute approximate surface area is 136 Å². The summed E-state index contributed by atoms with van der Waals surface area (Å²) in [6.07, 6.45) is 3.28. The highest BCUT2D eigenvalue weighted by Gasteiger charge is 2.11. The molecule has 1 unspecified atom stereocenters. The van der Waals surface area contributed by atoms with Crippen molar-refractivity contribution in [1.29, 1.82) is 0 Å². The maximum atomic E-state index is 6.02. The molecule has 3 nitrogen and oxygen atoms in total. The van der Waals surface area contributed by atoms with Crippen LogP contribution < -0.4 is 11.3 Å². The van der Waals surface area contributed by atoms with Gasteiger partial charge in [0.15, 0.2) is 0 Å². The molecule has 0 aliphatic heterocycles. The topological polar surface area (TPSA) is 50.9 Å². The SMILES string of the molecule is NNC(Cc1ccc(Cl)c(Cl)c1)Cc1ccc(Br)cn1. The third-order valence-corrected chi connectivity index (χ3v) is 4.15. The Balaban J connectivity index is 2.04. The normalized spacial score (nSPS) is 12.4. The molecule has 0 aliphatic carbocycles. The largest absolute Gasteiger partial charge is 0.271 e. The fraction of sp³-hybridized carbons (Fsp3) is 0.214. The van der Waals surface area contributed by atoms with E-state index < -0.39 is 0 Å². The molecule has 0 aliphatic rings. The Morgan fingerprint density at radius 1 is 1.15 bits per heavy atom. The monoisotopic (exact) mass is 373 g/mol. The Morgan fingerprint density at radius 3 is 2.55 bits per heavy atom. The predicted octanol–water partition coefficient (Wildman–Crippen LogP) is 3.77. The minimum atomic E-state index is 0.0842. The van der Waals surface area contributed by atoms with Gasteiger partial charge in [-0.25, -0.2) is 0 Å². The highest BCUT2D eigenvalue weighted by atomic mass is 79.9. The smallest absolute Gasteiger partial charge is 0.0595 e. The molecular weight excluding hydrogens is 361 g/mol. The summed E-state index contributed by atoms with van der Waals surface area (Å²) in [5.41, 5.74) is 4.89. The van der Waals surface area contributed by atoms with Crippen LogP contribution >= 0.6 is 39.1 Å². The summed E-state index contributed by atoms with van der Waals surface area (Å²) >= 11 is 15.3. The van der Waals surface area contributed by atoms with Crippen LogP contribution in [0, 0.1) is 0 Å². The summed E-state index contributed by atoms with van der Waals surface area (Å²) in [7, 11) is 0. The molecule has 0 bridgehead atoms. The molecule has 106 valence electrons. The number of hydrazine groups is 1. The number of hydrogen-bond acceptors (Lipinski definition) is 3. The van der Waals surface area contributed by atoms with Gasteiger partial charge in [0, 0.05) is 28.8 Å². The molecule has 0 saturated heterocycles. The Bertz CT molecular complexity index is 575. The lowest BCUT2D eigenvalue weighted by molar-refractivity contribution is 0.517. The van der Waals surface area contributed by atoms with E-state index in [-0.39, 0.29) is 6.04 Å². The number of rotatable bonds is 5. The average molecular weight is 375 g/mol. The molecule has 0 saturated carbocycles. The highest BCUT2D eigenvalue weighted by Crippen LogP contribution is 2.23. The first-order valence-electron chi connectivity index (χ1n) is 6.09. The summed E-state index contributed by atoms with van der Waals surface area (Å²) in [5.74, 6) is 5.62. The first-order chi connectivity index (χ1) is 9.58. The Hall–Kier alpha value is -0.650. The zero-order chi connectivity index (χ0) is 14.5. The first kappa shape index (κ1) is 15.7. The summed E-state index contributed by atoms with van der Waals surface area (Å²) in [5, 5.41) is 1.11. The zero-order valence-electron chi connectivity index (χ0n) is 10.6. The number of pyridine rings is 1. The van der Waals surface area contributed by atoms with Gasteiger partial charge in [0.1, 0.15) is 0 Å². The van der Waals surface area contributed by atoms with Gasteiger partial charge in [-0.05, 0) is 52.2 Å². The molecule has 1 aromatic heterocycles. The van der Waals surface area contributed by atoms with Gasteiger partial charge in [0.05, 0.1) is 10.0 Å². The van der Waals surface area contributed by atoms with Crippen LogP contribution in [0.1, 0.15) is 11.3 Å². The number of hydrogen-bond donors (Lipinski definition) is 2. The van der Waals surface area contributed by atoms with E-state index in [9.17, 15) is 0 Å². The number of nitrogens with two attached hydrogens (primary N) is 1. The van der Waals surface area contributed by atoms with Gasteiger partial charge in [-0.2, -0.15) is 0 Å². The van der Waals surface area contributed by atoms with Crippen molar-refractivity contribution in [2.45, 2.75) is 18.9 Å². The second-order valence-electron chi connectivity index (χ2n) is 4.49. The summed E-state index contributed by atoms with van der Waals surface area (Å²) in [4.78, 5) is 4.35. The van der Waals surface area contributed by atoms with Gasteiger partial charge in [0.2, 0.25) is 0 Å². The second-order valence-corrected chi connectivity index (χ2v) is 6.22. The summed E-state index contributed by atoms with van der Waals surface area (Å²) in [6.45, 7) is 0. The molecule has 0 radical (unpaired) electrons. The molecule has 2 rings (SSSR count). The number of benzene rings is 1. The number of halogens is 3. The molecular formula is C14H14BrCl2N3. The van der Waals surface area contributed by atoms with E-state index in [0.29, 0.717) is 10.0 Å². The molecule has 1 heterocycles. The van der Waals surface area contributed by atoms with Gasteiger partial charge in [0.25, 0.3) is 0 Å². The van der Waals surface area contributed by atoms with Crippen LogP contribution in [0.5, 0.6) is 0 Å². The van der Waals surface area contributed by atoms with E-state index in [4.69, 9.17) is 29.0 Å². The summed E-state index contributed by atoms with van der Waals surface area (Å²) < 4.78 is 0.961. The molecule has 20 heavy (non-hydrogen) atoms. The minimum absolute atomic E-state index is 0.0842. The Kier molecular flexibility index (Phi) is 5.81. The van der Waals surface area contributed by atoms with E-state index in [0.717, 1.165) is 28.6 Å². The van der Waals surface area contributed by atoms with E-state index in [1.807, 2.05) is 24.3 Å². The average Bonchev–Trinajstić information content (AvgIpc) is 2.44. The third-order valence-electron chi connectivity index (χ3n) is 2.95. The van der Waals surface area contributed by atoms with Crippen molar-refractivity contribution in [3.63, 3.8) is 0 Å². The van der Waals surface area contributed by atoms with Crippen molar-refractivity contribution >= 4 is 39.1 Å². The van der Waals surface area contributed by atoms with E-state index in [1.165, 1.54) is 0 Å². The van der Waals surface area contributed by atoms with Crippen LogP contribution in [0.3, 0.4) is 0 Å². The predicted molar refractivity (Wildman–Crippen MR) is 86.9 cm³/mol. The molecule has 0 spiro atoms. The quantitative estimate of drug-likeness (QED) is 0.618. The van der Waals surface area contributed by atoms with Crippen LogP contribution in [0.25, 0.3) is 0 Å². The van der Waals surface area contributed by atoms with Gasteiger partial charge in [-0.15, -0.1) is 0 Å². The van der Waals surface area contributed by atoms with E-state index >= 15 is 0 Å². The van der Waals surface area contributed by atoms with Crippen molar-refractivity contribution in [2.75, 3.05) is 0 Å². The van der Waals surface area contributed by atoms with Crippen molar-refractivity contribution in [3.8, 4) is 0 Å². The highest BCUT2D eigenvalue weighted by molar-refractivity contribution is 9.10. The number of nitrogens with zero attached hydrogens (tertiary/aromatic N) is 1. The maximum Gasteiger partial charge on any atom is 0.0595 e. The van der Waals surface area contributed by atoms with Crippen LogP contribution in [0.2, 0.25) is 10.0 Å². The second kappa shape index (κ2) is 7.38. The molecule has 2 aromatic rings. The Morgan fingerprint density at radius 2 is 1.95 bits per heavy atom. The van der Waals surface area contributed by atoms with Crippen LogP contribution in [0.4, 0.5) is 0 Å². The fourth-order valence-corrected chi connectivity index (χ4v) is 2.48. The van der Waals surface area contributed by atoms with E-state index in [2.05, 4.69) is 26.3 Å². The van der Waals surface area contributed by atoms with Crippen LogP contribution in [0.15, 0.2) is 41.0 Å². The molecule has 1 atom stereocenters. The van der Waals surface area contributed by atoms with Crippen LogP contribution in [-0.4, -0.2) is 11.0 Å². The lowest BCUT2D eigenvalue weighted by atomic mass is 10.0. The number of aromatic nitrogens is 1. The lowest BCUT2D eigenvalue weighted by Gasteiger charge is -2.16. The van der Waals surface area contributed by atoms with Gasteiger partial charge >= 0.3 is 0 Å². The standard InChI is InChI=1S/C14H14BrCl2N3/c15-10-2-3-11(19-8-10)7-12(20-18)5-9-1-4-13(16)14(17)6-9/h1-4,6,8,12,20H,5,7,18H2. The summed E-state index contributed by atoms with van der Waals surface area (Å²) in [6, 6.07) is 9.64. The number of nitrogens with one attached hydrogen (secondary N) is 1. The van der Waals surface area contributed by atoms with Crippen LogP contribution in [-0.2, 0) is 12.8 Å². The minimum Gasteiger partial charge on any atom is -0.271 e. The zero-order valence-corrected chi connectivity index (χ0v) is 13.7. The van der Waals surface area contributed by atoms with Crippen molar-refractivity contribution in [1.82, 2.24) is 10.4 Å². The van der Waals surface area contributed by atoms with Crippen molar-refractivity contribution < 1.29 is 0 Å². The van der Waals surface area contributed by atoms with Gasteiger partial charge in [-0.1, -0.05) is 29.3 Å².